The maximum absolute atomic E-state index is 12.2. The standard InChI is InChI=1S/C14H8Cl2N4O2/c15-6-1-2-7(9(16)3-6)10-8(4-17)12(18)22-14-11(10)13(21)19-5-20-14/h1-3,5,10H,18H2,(H,19,20,21). The minimum absolute atomic E-state index is 0.0521. The lowest BCUT2D eigenvalue weighted by atomic mass is 9.85. The fourth-order valence-electron chi connectivity index (χ4n) is 2.34. The summed E-state index contributed by atoms with van der Waals surface area (Å²) < 4.78 is 5.27. The van der Waals surface area contributed by atoms with E-state index >= 15 is 0 Å². The van der Waals surface area contributed by atoms with Crippen LogP contribution in [0, 0.1) is 11.3 Å². The van der Waals surface area contributed by atoms with Crippen molar-refractivity contribution in [2.45, 2.75) is 5.92 Å². The number of rotatable bonds is 1. The van der Waals surface area contributed by atoms with Gasteiger partial charge in [-0.1, -0.05) is 29.3 Å². The lowest BCUT2D eigenvalue weighted by Crippen LogP contribution is -2.28. The third-order valence-corrected chi connectivity index (χ3v) is 3.86. The number of allylic oxidation sites excluding steroid dienone is 1. The first-order chi connectivity index (χ1) is 10.5. The molecule has 0 fully saturated rings. The summed E-state index contributed by atoms with van der Waals surface area (Å²) in [6.45, 7) is 0. The number of aromatic amines is 1. The number of hydrogen-bond donors (Lipinski definition) is 2. The van der Waals surface area contributed by atoms with Crippen molar-refractivity contribution >= 4 is 23.2 Å². The summed E-state index contributed by atoms with van der Waals surface area (Å²) in [6, 6.07) is 6.76. The highest BCUT2D eigenvalue weighted by Gasteiger charge is 2.35. The van der Waals surface area contributed by atoms with Gasteiger partial charge < -0.3 is 15.5 Å². The molecule has 0 amide bonds. The molecule has 0 saturated heterocycles. The van der Waals surface area contributed by atoms with Crippen LogP contribution >= 0.6 is 23.2 Å². The van der Waals surface area contributed by atoms with Crippen molar-refractivity contribution in [1.29, 1.82) is 5.26 Å². The van der Waals surface area contributed by atoms with Crippen molar-refractivity contribution in [2.24, 2.45) is 5.73 Å². The van der Waals surface area contributed by atoms with Gasteiger partial charge in [-0.3, -0.25) is 4.79 Å². The first-order valence-electron chi connectivity index (χ1n) is 6.13. The Morgan fingerprint density at radius 1 is 1.41 bits per heavy atom. The first-order valence-corrected chi connectivity index (χ1v) is 6.88. The highest BCUT2D eigenvalue weighted by molar-refractivity contribution is 6.35. The van der Waals surface area contributed by atoms with Crippen LogP contribution in [0.25, 0.3) is 0 Å². The summed E-state index contributed by atoms with van der Waals surface area (Å²) in [5, 5.41) is 10.1. The van der Waals surface area contributed by atoms with E-state index in [-0.39, 0.29) is 22.9 Å². The Balaban J connectivity index is 2.33. The van der Waals surface area contributed by atoms with Gasteiger partial charge in [0.05, 0.1) is 17.8 Å². The van der Waals surface area contributed by atoms with E-state index in [4.69, 9.17) is 33.7 Å². The third kappa shape index (κ3) is 2.21. The number of nitrogens with two attached hydrogens (primary N) is 1. The summed E-state index contributed by atoms with van der Waals surface area (Å²) in [7, 11) is 0. The third-order valence-electron chi connectivity index (χ3n) is 3.30. The van der Waals surface area contributed by atoms with Crippen molar-refractivity contribution in [3.8, 4) is 11.9 Å². The van der Waals surface area contributed by atoms with E-state index in [1.165, 1.54) is 12.4 Å². The van der Waals surface area contributed by atoms with E-state index in [9.17, 15) is 10.1 Å². The van der Waals surface area contributed by atoms with Crippen LogP contribution < -0.4 is 16.0 Å². The number of aromatic nitrogens is 2. The minimum atomic E-state index is -0.768. The number of nitrogens with one attached hydrogen (secondary N) is 1. The van der Waals surface area contributed by atoms with Gasteiger partial charge in [-0.15, -0.1) is 0 Å². The fourth-order valence-corrected chi connectivity index (χ4v) is 2.86. The van der Waals surface area contributed by atoms with Gasteiger partial charge in [0.2, 0.25) is 11.8 Å². The van der Waals surface area contributed by atoms with E-state index in [0.717, 1.165) is 0 Å². The van der Waals surface area contributed by atoms with Gasteiger partial charge in [-0.25, -0.2) is 4.98 Å². The molecule has 1 aliphatic rings. The van der Waals surface area contributed by atoms with Crippen molar-refractivity contribution < 1.29 is 4.74 Å². The van der Waals surface area contributed by atoms with E-state index in [0.29, 0.717) is 15.6 Å². The second kappa shape index (κ2) is 5.37. The SMILES string of the molecule is N#CC1=C(N)Oc2nc[nH]c(=O)c2C1c1ccc(Cl)cc1Cl. The zero-order valence-electron chi connectivity index (χ0n) is 10.9. The molecule has 2 heterocycles. The molecule has 3 rings (SSSR count). The van der Waals surface area contributed by atoms with Gasteiger partial charge in [-0.05, 0) is 17.7 Å². The molecule has 2 aromatic rings. The molecule has 0 aliphatic carbocycles. The number of hydrogen-bond acceptors (Lipinski definition) is 5. The van der Waals surface area contributed by atoms with Crippen LogP contribution in [0.5, 0.6) is 5.88 Å². The molecule has 1 atom stereocenters. The van der Waals surface area contributed by atoms with Gasteiger partial charge in [-0.2, -0.15) is 5.26 Å². The van der Waals surface area contributed by atoms with Gasteiger partial charge >= 0.3 is 0 Å². The smallest absolute Gasteiger partial charge is 0.258 e. The molecule has 22 heavy (non-hydrogen) atoms. The van der Waals surface area contributed by atoms with Crippen LogP contribution in [0.4, 0.5) is 0 Å². The molecule has 8 heteroatoms. The average molecular weight is 335 g/mol. The molecular formula is C14H8Cl2N4O2. The second-order valence-corrected chi connectivity index (χ2v) is 5.38. The summed E-state index contributed by atoms with van der Waals surface area (Å²) in [5.41, 5.74) is 6.14. The number of benzene rings is 1. The van der Waals surface area contributed by atoms with Gasteiger partial charge in [0.15, 0.2) is 0 Å². The molecule has 1 aromatic carbocycles. The largest absolute Gasteiger partial charge is 0.422 e. The van der Waals surface area contributed by atoms with E-state index in [1.807, 2.05) is 6.07 Å². The highest BCUT2D eigenvalue weighted by atomic mass is 35.5. The van der Waals surface area contributed by atoms with E-state index < -0.39 is 11.5 Å². The predicted molar refractivity (Wildman–Crippen MR) is 80.6 cm³/mol. The number of H-pyrrole nitrogens is 1. The fraction of sp³-hybridized carbons (Fsp3) is 0.0714. The van der Waals surface area contributed by atoms with Crippen LogP contribution in [-0.4, -0.2) is 9.97 Å². The Morgan fingerprint density at radius 3 is 2.86 bits per heavy atom. The lowest BCUT2D eigenvalue weighted by molar-refractivity contribution is 0.375. The normalized spacial score (nSPS) is 16.7. The molecule has 6 nitrogen and oxygen atoms in total. The Kier molecular flexibility index (Phi) is 3.53. The van der Waals surface area contributed by atoms with Crippen molar-refractivity contribution in [3.05, 3.63) is 67.5 Å². The zero-order valence-corrected chi connectivity index (χ0v) is 12.4. The molecule has 0 bridgehead atoms. The van der Waals surface area contributed by atoms with Crippen LogP contribution in [0.1, 0.15) is 17.0 Å². The number of nitrogens with zero attached hydrogens (tertiary/aromatic N) is 2. The number of ether oxygens (including phenoxy) is 1. The first kappa shape index (κ1) is 14.4. The molecule has 0 saturated carbocycles. The van der Waals surface area contributed by atoms with Gasteiger partial charge in [0, 0.05) is 10.0 Å². The maximum Gasteiger partial charge on any atom is 0.258 e. The van der Waals surface area contributed by atoms with Crippen LogP contribution in [-0.2, 0) is 0 Å². The molecule has 110 valence electrons. The van der Waals surface area contributed by atoms with Gasteiger partial charge in [0.25, 0.3) is 5.56 Å². The monoisotopic (exact) mass is 334 g/mol. The molecule has 1 aromatic heterocycles. The summed E-state index contributed by atoms with van der Waals surface area (Å²) in [6.07, 6.45) is 1.20. The lowest BCUT2D eigenvalue weighted by Gasteiger charge is -2.24. The molecule has 0 spiro atoms. The summed E-state index contributed by atoms with van der Waals surface area (Å²) in [5.74, 6) is -0.823. The molecule has 1 aliphatic heterocycles. The Labute approximate surface area is 134 Å². The predicted octanol–water partition coefficient (Wildman–Crippen LogP) is 2.29. The number of fused-ring (bicyclic) bond motifs is 1. The van der Waals surface area contributed by atoms with Crippen molar-refractivity contribution in [2.75, 3.05) is 0 Å². The molecule has 1 unspecified atom stereocenters. The quantitative estimate of drug-likeness (QED) is 0.832. The van der Waals surface area contributed by atoms with Crippen molar-refractivity contribution in [3.63, 3.8) is 0 Å². The van der Waals surface area contributed by atoms with Crippen LogP contribution in [0.3, 0.4) is 0 Å². The second-order valence-electron chi connectivity index (χ2n) is 4.54. The number of nitriles is 1. The molecule has 0 radical (unpaired) electrons. The zero-order chi connectivity index (χ0) is 15.9. The Hall–Kier alpha value is -2.49. The Morgan fingerprint density at radius 2 is 2.18 bits per heavy atom. The topological polar surface area (TPSA) is 105 Å². The maximum atomic E-state index is 12.2. The summed E-state index contributed by atoms with van der Waals surface area (Å²) >= 11 is 12.1. The van der Waals surface area contributed by atoms with Crippen LogP contribution in [0.2, 0.25) is 10.0 Å². The minimum Gasteiger partial charge on any atom is -0.422 e. The van der Waals surface area contributed by atoms with E-state index in [1.54, 1.807) is 12.1 Å². The Bertz CT molecular complexity index is 898. The molecule has 3 N–H and O–H groups in total. The number of halogens is 2. The average Bonchev–Trinajstić information content (AvgIpc) is 2.46. The van der Waals surface area contributed by atoms with Gasteiger partial charge in [0.1, 0.15) is 11.6 Å². The van der Waals surface area contributed by atoms with Crippen LogP contribution in [0.15, 0.2) is 40.8 Å². The van der Waals surface area contributed by atoms with E-state index in [2.05, 4.69) is 9.97 Å². The highest BCUT2D eigenvalue weighted by Crippen LogP contribution is 2.41. The van der Waals surface area contributed by atoms with Crippen molar-refractivity contribution in [1.82, 2.24) is 9.97 Å². The molecular weight excluding hydrogens is 327 g/mol. The summed E-state index contributed by atoms with van der Waals surface area (Å²) in [4.78, 5) is 18.6.